The quantitative estimate of drug-likeness (QED) is 0.283. The van der Waals surface area contributed by atoms with E-state index in [4.69, 9.17) is 9.73 Å². The van der Waals surface area contributed by atoms with Crippen molar-refractivity contribution in [1.82, 2.24) is 4.90 Å². The number of guanidine groups is 1. The van der Waals surface area contributed by atoms with Gasteiger partial charge in [0.15, 0.2) is 5.96 Å². The highest BCUT2D eigenvalue weighted by molar-refractivity contribution is 9.10. The highest BCUT2D eigenvalue weighted by atomic mass is 79.9. The van der Waals surface area contributed by atoms with Crippen molar-refractivity contribution in [1.29, 1.82) is 0 Å². The van der Waals surface area contributed by atoms with Gasteiger partial charge in [0.25, 0.3) is 0 Å². The van der Waals surface area contributed by atoms with Crippen LogP contribution in [0.2, 0.25) is 0 Å². The predicted molar refractivity (Wildman–Crippen MR) is 134 cm³/mol. The first-order chi connectivity index (χ1) is 16.0. The predicted octanol–water partition coefficient (Wildman–Crippen LogP) is 5.09. The van der Waals surface area contributed by atoms with Crippen molar-refractivity contribution in [3.05, 3.63) is 82.6 Å². The molecule has 33 heavy (non-hydrogen) atoms. The zero-order valence-corrected chi connectivity index (χ0v) is 19.9. The van der Waals surface area contributed by atoms with Gasteiger partial charge in [-0.05, 0) is 54.6 Å². The Kier molecular flexibility index (Phi) is 7.34. The van der Waals surface area contributed by atoms with E-state index in [1.807, 2.05) is 18.2 Å². The van der Waals surface area contributed by atoms with Crippen LogP contribution >= 0.6 is 15.9 Å². The minimum Gasteiger partial charge on any atom is -0.508 e. The molecule has 1 saturated heterocycles. The van der Waals surface area contributed by atoms with Crippen molar-refractivity contribution < 1.29 is 14.2 Å². The first-order valence-electron chi connectivity index (χ1n) is 10.7. The molecule has 0 radical (unpaired) electrons. The second-order valence-corrected chi connectivity index (χ2v) is 8.64. The lowest BCUT2D eigenvalue weighted by atomic mass is 10.2. The molecule has 4 rings (SSSR count). The third kappa shape index (κ3) is 5.96. The van der Waals surface area contributed by atoms with E-state index in [1.54, 1.807) is 43.5 Å². The third-order valence-corrected chi connectivity index (χ3v) is 6.02. The molecular weight excluding hydrogens is 487 g/mol. The van der Waals surface area contributed by atoms with Gasteiger partial charge in [-0.15, -0.1) is 0 Å². The molecule has 2 N–H and O–H groups in total. The van der Waals surface area contributed by atoms with Crippen molar-refractivity contribution >= 4 is 33.3 Å². The first kappa shape index (κ1) is 22.9. The lowest BCUT2D eigenvalue weighted by Crippen LogP contribution is -2.50. The van der Waals surface area contributed by atoms with Crippen LogP contribution in [0, 0.1) is 5.82 Å². The molecule has 3 aromatic carbocycles. The molecule has 1 aliphatic rings. The van der Waals surface area contributed by atoms with E-state index in [0.717, 1.165) is 47.8 Å². The number of hydrogen-bond donors (Lipinski definition) is 2. The van der Waals surface area contributed by atoms with Crippen LogP contribution in [0.4, 0.5) is 15.8 Å². The smallest absolute Gasteiger partial charge is 0.198 e. The number of benzene rings is 3. The van der Waals surface area contributed by atoms with Crippen LogP contribution in [0.25, 0.3) is 0 Å². The summed E-state index contributed by atoms with van der Waals surface area (Å²) in [6.45, 7) is 3.34. The summed E-state index contributed by atoms with van der Waals surface area (Å²) in [5.74, 6) is 1.42. The molecule has 0 aromatic heterocycles. The fourth-order valence-electron chi connectivity index (χ4n) is 3.70. The number of methoxy groups -OCH3 is 1. The summed E-state index contributed by atoms with van der Waals surface area (Å²) in [5, 5.41) is 12.9. The van der Waals surface area contributed by atoms with Gasteiger partial charge >= 0.3 is 0 Å². The number of phenolic OH excluding ortho intramolecular Hbond substituents is 1. The molecule has 3 aromatic rings. The summed E-state index contributed by atoms with van der Waals surface area (Å²) in [7, 11) is 1.67. The minimum atomic E-state index is -0.284. The number of hydrogen-bond acceptors (Lipinski definition) is 4. The van der Waals surface area contributed by atoms with Crippen LogP contribution in [0.15, 0.2) is 76.2 Å². The molecule has 0 aliphatic carbocycles. The lowest BCUT2D eigenvalue weighted by molar-refractivity contribution is 0.382. The van der Waals surface area contributed by atoms with Crippen molar-refractivity contribution in [2.24, 2.45) is 4.99 Å². The van der Waals surface area contributed by atoms with Crippen molar-refractivity contribution in [2.45, 2.75) is 6.54 Å². The molecule has 0 amide bonds. The number of aliphatic imine (C=N–C) groups is 1. The Morgan fingerprint density at radius 2 is 1.82 bits per heavy atom. The Bertz CT molecular complexity index is 1120. The number of halogens is 2. The molecule has 6 nitrogen and oxygen atoms in total. The van der Waals surface area contributed by atoms with E-state index in [1.165, 1.54) is 6.07 Å². The maximum atomic E-state index is 14.3. The van der Waals surface area contributed by atoms with Crippen LogP contribution in [-0.4, -0.2) is 49.3 Å². The fraction of sp³-hybridized carbons (Fsp3) is 0.240. The van der Waals surface area contributed by atoms with Crippen LogP contribution in [-0.2, 0) is 6.54 Å². The zero-order chi connectivity index (χ0) is 23.2. The topological polar surface area (TPSA) is 60.3 Å². The summed E-state index contributed by atoms with van der Waals surface area (Å²) in [5.41, 5.74) is 2.44. The van der Waals surface area contributed by atoms with Crippen molar-refractivity contribution in [2.75, 3.05) is 43.5 Å². The number of ether oxygens (including phenoxy) is 1. The lowest BCUT2D eigenvalue weighted by Gasteiger charge is -2.38. The molecule has 0 unspecified atom stereocenters. The van der Waals surface area contributed by atoms with Crippen LogP contribution in [0.1, 0.15) is 5.56 Å². The Morgan fingerprint density at radius 3 is 2.55 bits per heavy atom. The Hall–Kier alpha value is -3.26. The second-order valence-electron chi connectivity index (χ2n) is 7.72. The van der Waals surface area contributed by atoms with Gasteiger partial charge in [0.05, 0.1) is 13.7 Å². The van der Waals surface area contributed by atoms with Gasteiger partial charge in [-0.2, -0.15) is 0 Å². The van der Waals surface area contributed by atoms with E-state index in [-0.39, 0.29) is 18.1 Å². The second kappa shape index (κ2) is 10.6. The summed E-state index contributed by atoms with van der Waals surface area (Å²) >= 11 is 3.40. The highest BCUT2D eigenvalue weighted by Crippen LogP contribution is 2.23. The van der Waals surface area contributed by atoms with E-state index >= 15 is 0 Å². The maximum Gasteiger partial charge on any atom is 0.198 e. The molecule has 1 fully saturated rings. The summed E-state index contributed by atoms with van der Waals surface area (Å²) < 4.78 is 20.4. The number of rotatable bonds is 5. The average Bonchev–Trinajstić information content (AvgIpc) is 2.85. The van der Waals surface area contributed by atoms with Crippen LogP contribution in [0.3, 0.4) is 0 Å². The number of aromatic hydroxyl groups is 1. The minimum absolute atomic E-state index is 0.196. The maximum absolute atomic E-state index is 14.3. The number of phenols is 1. The number of nitrogens with one attached hydrogen (secondary N) is 1. The summed E-state index contributed by atoms with van der Waals surface area (Å²) in [6.07, 6.45) is 0. The average molecular weight is 513 g/mol. The highest BCUT2D eigenvalue weighted by Gasteiger charge is 2.21. The SMILES string of the molecule is COc1cccc(N2CCN(C(=NCc3cc(Br)ccc3F)Nc3ccc(O)cc3)CC2)c1. The Labute approximate surface area is 201 Å². The molecule has 172 valence electrons. The van der Waals surface area contributed by atoms with Gasteiger partial charge in [-0.25, -0.2) is 9.38 Å². The number of anilines is 2. The van der Waals surface area contributed by atoms with Gasteiger partial charge in [0.1, 0.15) is 17.3 Å². The Morgan fingerprint density at radius 1 is 1.06 bits per heavy atom. The fourth-order valence-corrected chi connectivity index (χ4v) is 4.11. The van der Waals surface area contributed by atoms with Crippen molar-refractivity contribution in [3.8, 4) is 11.5 Å². The van der Waals surface area contributed by atoms with E-state index in [9.17, 15) is 9.50 Å². The monoisotopic (exact) mass is 512 g/mol. The normalized spacial score (nSPS) is 14.3. The van der Waals surface area contributed by atoms with Gasteiger partial charge < -0.3 is 25.0 Å². The van der Waals surface area contributed by atoms with E-state index in [2.05, 4.69) is 37.1 Å². The molecule has 8 heteroatoms. The molecule has 0 saturated carbocycles. The van der Waals surface area contributed by atoms with E-state index < -0.39 is 0 Å². The molecule has 0 bridgehead atoms. The third-order valence-electron chi connectivity index (χ3n) is 5.53. The number of nitrogens with zero attached hydrogens (tertiary/aromatic N) is 3. The Balaban J connectivity index is 1.51. The number of piperazine rings is 1. The first-order valence-corrected chi connectivity index (χ1v) is 11.5. The van der Waals surface area contributed by atoms with E-state index in [0.29, 0.717) is 11.5 Å². The molecule has 1 heterocycles. The van der Waals surface area contributed by atoms with Crippen LogP contribution < -0.4 is 15.0 Å². The van der Waals surface area contributed by atoms with Gasteiger partial charge in [0.2, 0.25) is 0 Å². The van der Waals surface area contributed by atoms with Gasteiger partial charge in [-0.1, -0.05) is 22.0 Å². The molecule has 0 atom stereocenters. The summed E-state index contributed by atoms with van der Waals surface area (Å²) in [4.78, 5) is 9.21. The largest absolute Gasteiger partial charge is 0.508 e. The molecule has 1 aliphatic heterocycles. The summed E-state index contributed by atoms with van der Waals surface area (Å²) in [6, 6.07) is 19.7. The zero-order valence-electron chi connectivity index (χ0n) is 18.3. The molecular formula is C25H26BrFN4O2. The van der Waals surface area contributed by atoms with Crippen molar-refractivity contribution in [3.63, 3.8) is 0 Å². The van der Waals surface area contributed by atoms with Gasteiger partial charge in [0, 0.05) is 53.7 Å². The molecule has 0 spiro atoms. The van der Waals surface area contributed by atoms with Crippen LogP contribution in [0.5, 0.6) is 11.5 Å². The van der Waals surface area contributed by atoms with Gasteiger partial charge in [-0.3, -0.25) is 0 Å². The standard InChI is InChI=1S/C25H26BrFN4O2/c1-33-23-4-2-3-21(16-23)30-11-13-31(14-12-30)25(29-20-6-8-22(32)9-7-20)28-17-18-15-19(26)5-10-24(18)27/h2-10,15-16,32H,11-14,17H2,1H3,(H,28,29).